The first kappa shape index (κ1) is 15.0. The number of hydrogen-bond acceptors (Lipinski definition) is 4. The van der Waals surface area contributed by atoms with Crippen LogP contribution in [0.25, 0.3) is 22.1 Å². The maximum absolute atomic E-state index is 12.5. The summed E-state index contributed by atoms with van der Waals surface area (Å²) in [6.07, 6.45) is 2.35. The number of likely N-dealkylation sites (tertiary alicyclic amines) is 1. The summed E-state index contributed by atoms with van der Waals surface area (Å²) in [4.78, 5) is 14.7. The molecule has 0 amide bonds. The summed E-state index contributed by atoms with van der Waals surface area (Å²) in [6.45, 7) is 2.64. The summed E-state index contributed by atoms with van der Waals surface area (Å²) in [7, 11) is 0. The van der Waals surface area contributed by atoms with E-state index in [-0.39, 0.29) is 11.4 Å². The highest BCUT2D eigenvalue weighted by atomic mass is 16.4. The molecule has 0 atom stereocenters. The van der Waals surface area contributed by atoms with Gasteiger partial charge in [0.15, 0.2) is 0 Å². The lowest BCUT2D eigenvalue weighted by Crippen LogP contribution is -2.19. The van der Waals surface area contributed by atoms with E-state index < -0.39 is 0 Å². The van der Waals surface area contributed by atoms with Gasteiger partial charge in [0.05, 0.1) is 11.1 Å². The monoisotopic (exact) mass is 321 g/mol. The Morgan fingerprint density at radius 1 is 1.04 bits per heavy atom. The number of phenols is 1. The number of rotatable bonds is 3. The molecule has 1 saturated heterocycles. The Hall–Kier alpha value is -2.59. The van der Waals surface area contributed by atoms with Crippen LogP contribution in [0.2, 0.25) is 0 Å². The first-order valence-electron chi connectivity index (χ1n) is 8.29. The van der Waals surface area contributed by atoms with Crippen molar-refractivity contribution in [2.45, 2.75) is 19.4 Å². The lowest BCUT2D eigenvalue weighted by atomic mass is 10.0. The van der Waals surface area contributed by atoms with Gasteiger partial charge in [-0.25, -0.2) is 4.79 Å². The van der Waals surface area contributed by atoms with Crippen LogP contribution in [0.1, 0.15) is 18.4 Å². The smallest absolute Gasteiger partial charge is 0.344 e. The van der Waals surface area contributed by atoms with E-state index >= 15 is 0 Å². The van der Waals surface area contributed by atoms with E-state index in [1.54, 1.807) is 12.1 Å². The molecule has 0 saturated carbocycles. The molecule has 4 nitrogen and oxygen atoms in total. The molecule has 24 heavy (non-hydrogen) atoms. The van der Waals surface area contributed by atoms with E-state index in [9.17, 15) is 9.90 Å². The lowest BCUT2D eigenvalue weighted by Gasteiger charge is -2.16. The third kappa shape index (κ3) is 2.69. The van der Waals surface area contributed by atoms with Gasteiger partial charge in [0.25, 0.3) is 0 Å². The summed E-state index contributed by atoms with van der Waals surface area (Å²) in [6, 6.07) is 14.8. The minimum atomic E-state index is -0.373. The van der Waals surface area contributed by atoms with Crippen LogP contribution < -0.4 is 5.63 Å². The Labute approximate surface area is 140 Å². The standard InChI is InChI=1S/C20H19NO3/c22-18-9-8-15-12-16(14-6-2-1-3-7-14)20(23)24-19(15)17(18)13-21-10-4-5-11-21/h1-3,6-9,12,22H,4-5,10-11,13H2. The molecule has 4 heteroatoms. The van der Waals surface area contributed by atoms with Crippen molar-refractivity contribution in [3.63, 3.8) is 0 Å². The van der Waals surface area contributed by atoms with Gasteiger partial charge in [-0.15, -0.1) is 0 Å². The van der Waals surface area contributed by atoms with Crippen molar-refractivity contribution in [2.75, 3.05) is 13.1 Å². The average Bonchev–Trinajstić information content (AvgIpc) is 3.11. The summed E-state index contributed by atoms with van der Waals surface area (Å²) in [5.41, 5.74) is 2.20. The van der Waals surface area contributed by atoms with Crippen LogP contribution >= 0.6 is 0 Å². The quantitative estimate of drug-likeness (QED) is 0.746. The normalized spacial score (nSPS) is 15.2. The van der Waals surface area contributed by atoms with Crippen LogP contribution in [-0.2, 0) is 6.54 Å². The summed E-state index contributed by atoms with van der Waals surface area (Å²) < 4.78 is 5.63. The summed E-state index contributed by atoms with van der Waals surface area (Å²) in [5.74, 6) is 0.185. The maximum Gasteiger partial charge on any atom is 0.344 e. The second kappa shape index (κ2) is 6.13. The number of nitrogens with zero attached hydrogens (tertiary/aromatic N) is 1. The van der Waals surface area contributed by atoms with Gasteiger partial charge in [0, 0.05) is 11.9 Å². The average molecular weight is 321 g/mol. The van der Waals surface area contributed by atoms with Crippen molar-refractivity contribution >= 4 is 11.0 Å². The van der Waals surface area contributed by atoms with Crippen molar-refractivity contribution < 1.29 is 9.52 Å². The van der Waals surface area contributed by atoms with Crippen LogP contribution in [-0.4, -0.2) is 23.1 Å². The van der Waals surface area contributed by atoms with Gasteiger partial charge in [-0.05, 0) is 49.7 Å². The summed E-state index contributed by atoms with van der Waals surface area (Å²) in [5, 5.41) is 11.1. The van der Waals surface area contributed by atoms with Gasteiger partial charge in [-0.3, -0.25) is 4.90 Å². The topological polar surface area (TPSA) is 53.7 Å². The number of fused-ring (bicyclic) bond motifs is 1. The Morgan fingerprint density at radius 3 is 2.54 bits per heavy atom. The molecule has 2 heterocycles. The zero-order valence-corrected chi connectivity index (χ0v) is 13.4. The van der Waals surface area contributed by atoms with E-state index in [2.05, 4.69) is 4.90 Å². The maximum atomic E-state index is 12.5. The van der Waals surface area contributed by atoms with Gasteiger partial charge < -0.3 is 9.52 Å². The number of phenolic OH excluding ortho intramolecular Hbond substituents is 1. The lowest BCUT2D eigenvalue weighted by molar-refractivity contribution is 0.323. The second-order valence-corrected chi connectivity index (χ2v) is 6.28. The first-order valence-corrected chi connectivity index (χ1v) is 8.29. The third-order valence-electron chi connectivity index (χ3n) is 4.65. The van der Waals surface area contributed by atoms with Crippen LogP contribution in [0.5, 0.6) is 5.75 Å². The van der Waals surface area contributed by atoms with Crippen LogP contribution in [0.15, 0.2) is 57.7 Å². The molecule has 0 radical (unpaired) electrons. The predicted octanol–water partition coefficient (Wildman–Crippen LogP) is 3.76. The zero-order chi connectivity index (χ0) is 16.5. The molecular weight excluding hydrogens is 302 g/mol. The van der Waals surface area contributed by atoms with E-state index in [1.165, 1.54) is 12.8 Å². The molecule has 2 aromatic carbocycles. The molecule has 1 aliphatic heterocycles. The van der Waals surface area contributed by atoms with Crippen LogP contribution in [0.4, 0.5) is 0 Å². The SMILES string of the molecule is O=c1oc2c(CN3CCCC3)c(O)ccc2cc1-c1ccccc1. The Morgan fingerprint density at radius 2 is 1.79 bits per heavy atom. The van der Waals surface area contributed by atoms with Gasteiger partial charge in [0.2, 0.25) is 0 Å². The molecule has 122 valence electrons. The third-order valence-corrected chi connectivity index (χ3v) is 4.65. The highest BCUT2D eigenvalue weighted by Crippen LogP contribution is 2.30. The largest absolute Gasteiger partial charge is 0.507 e. The first-order chi connectivity index (χ1) is 11.7. The molecule has 4 rings (SSSR count). The fraction of sp³-hybridized carbons (Fsp3) is 0.250. The van der Waals surface area contributed by atoms with Gasteiger partial charge in [-0.1, -0.05) is 30.3 Å². The van der Waals surface area contributed by atoms with E-state index in [4.69, 9.17) is 4.42 Å². The Kier molecular flexibility index (Phi) is 3.82. The van der Waals surface area contributed by atoms with Crippen molar-refractivity contribution in [1.29, 1.82) is 0 Å². The van der Waals surface area contributed by atoms with Crippen LogP contribution in [0.3, 0.4) is 0 Å². The Balaban J connectivity index is 1.84. The van der Waals surface area contributed by atoms with Crippen LogP contribution in [0, 0.1) is 0 Å². The number of hydrogen-bond donors (Lipinski definition) is 1. The number of aromatic hydroxyl groups is 1. The van der Waals surface area contributed by atoms with E-state index in [0.717, 1.165) is 24.0 Å². The van der Waals surface area contributed by atoms with Crippen molar-refractivity contribution in [2.24, 2.45) is 0 Å². The molecular formula is C20H19NO3. The molecule has 0 bridgehead atoms. The molecule has 1 aliphatic rings. The second-order valence-electron chi connectivity index (χ2n) is 6.28. The molecule has 1 fully saturated rings. The molecule has 0 unspecified atom stereocenters. The highest BCUT2D eigenvalue weighted by molar-refractivity contribution is 5.85. The minimum Gasteiger partial charge on any atom is -0.507 e. The van der Waals surface area contributed by atoms with Crippen molar-refractivity contribution in [1.82, 2.24) is 4.90 Å². The van der Waals surface area contributed by atoms with E-state index in [1.807, 2.05) is 36.4 Å². The molecule has 0 spiro atoms. The Bertz CT molecular complexity index is 925. The highest BCUT2D eigenvalue weighted by Gasteiger charge is 2.18. The molecule has 0 aliphatic carbocycles. The molecule has 1 N–H and O–H groups in total. The fourth-order valence-corrected chi connectivity index (χ4v) is 3.37. The molecule has 1 aromatic heterocycles. The fourth-order valence-electron chi connectivity index (χ4n) is 3.37. The van der Waals surface area contributed by atoms with E-state index in [0.29, 0.717) is 23.3 Å². The van der Waals surface area contributed by atoms with Gasteiger partial charge >= 0.3 is 5.63 Å². The zero-order valence-electron chi connectivity index (χ0n) is 13.4. The molecule has 3 aromatic rings. The summed E-state index contributed by atoms with van der Waals surface area (Å²) >= 11 is 0. The minimum absolute atomic E-state index is 0.185. The van der Waals surface area contributed by atoms with Crippen molar-refractivity contribution in [3.8, 4) is 16.9 Å². The van der Waals surface area contributed by atoms with Gasteiger partial charge in [0.1, 0.15) is 11.3 Å². The number of benzene rings is 2. The predicted molar refractivity (Wildman–Crippen MR) is 94.1 cm³/mol. The van der Waals surface area contributed by atoms with Crippen molar-refractivity contribution in [3.05, 3.63) is 64.5 Å². The van der Waals surface area contributed by atoms with Gasteiger partial charge in [-0.2, -0.15) is 0 Å².